The van der Waals surface area contributed by atoms with Crippen LogP contribution in [0.4, 0.5) is 5.82 Å². The van der Waals surface area contributed by atoms with E-state index in [1.54, 1.807) is 6.20 Å². The Morgan fingerprint density at radius 2 is 2.14 bits per heavy atom. The van der Waals surface area contributed by atoms with Crippen molar-refractivity contribution in [3.8, 4) is 11.4 Å². The molecule has 2 fully saturated rings. The van der Waals surface area contributed by atoms with E-state index in [0.717, 1.165) is 36.3 Å². The van der Waals surface area contributed by atoms with E-state index in [9.17, 15) is 0 Å². The molecule has 0 radical (unpaired) electrons. The minimum atomic E-state index is 0.302. The van der Waals surface area contributed by atoms with Crippen molar-refractivity contribution in [1.29, 1.82) is 0 Å². The second kappa shape index (κ2) is 5.68. The maximum atomic E-state index is 5.56. The van der Waals surface area contributed by atoms with Crippen molar-refractivity contribution in [3.05, 3.63) is 24.2 Å². The molecular weight excluding hydrogens is 278 g/mol. The Bertz CT molecular complexity index is 634. The third kappa shape index (κ3) is 2.37. The van der Waals surface area contributed by atoms with Gasteiger partial charge < -0.3 is 9.84 Å². The number of anilines is 1. The smallest absolute Gasteiger partial charge is 0.244 e. The Balaban J connectivity index is 1.55. The minimum absolute atomic E-state index is 0.302. The van der Waals surface area contributed by atoms with Crippen LogP contribution in [0.2, 0.25) is 0 Å². The summed E-state index contributed by atoms with van der Waals surface area (Å²) in [5.41, 5.74) is 0.891. The second-order valence-corrected chi connectivity index (χ2v) is 6.12. The van der Waals surface area contributed by atoms with E-state index >= 15 is 0 Å². The average Bonchev–Trinajstić information content (AvgIpc) is 3.14. The minimum Gasteiger partial charge on any atom is -0.373 e. The van der Waals surface area contributed by atoms with Crippen molar-refractivity contribution in [1.82, 2.24) is 20.0 Å². The highest BCUT2D eigenvalue weighted by Crippen LogP contribution is 2.38. The lowest BCUT2D eigenvalue weighted by Gasteiger charge is -2.37. The summed E-state index contributed by atoms with van der Waals surface area (Å²) in [6.45, 7) is 1.16. The molecular formula is C16H21N5O. The van der Waals surface area contributed by atoms with Gasteiger partial charge in [0.05, 0.1) is 6.04 Å². The Morgan fingerprint density at radius 1 is 1.23 bits per heavy atom. The molecule has 4 rings (SSSR count). The number of hydrogen-bond donors (Lipinski definition) is 1. The summed E-state index contributed by atoms with van der Waals surface area (Å²) in [6.07, 6.45) is 8.09. The van der Waals surface area contributed by atoms with Gasteiger partial charge in [0, 0.05) is 24.8 Å². The van der Waals surface area contributed by atoms with Gasteiger partial charge in [-0.15, -0.1) is 0 Å². The normalized spacial score (nSPS) is 22.7. The molecule has 116 valence electrons. The molecule has 1 saturated carbocycles. The molecule has 0 aromatic carbocycles. The topological polar surface area (TPSA) is 67.1 Å². The van der Waals surface area contributed by atoms with E-state index < -0.39 is 0 Å². The van der Waals surface area contributed by atoms with E-state index in [-0.39, 0.29) is 0 Å². The zero-order valence-corrected chi connectivity index (χ0v) is 12.8. The van der Waals surface area contributed by atoms with Crippen LogP contribution in [0.25, 0.3) is 11.4 Å². The van der Waals surface area contributed by atoms with Gasteiger partial charge in [-0.25, -0.2) is 4.98 Å². The summed E-state index contributed by atoms with van der Waals surface area (Å²) in [5, 5.41) is 7.16. The van der Waals surface area contributed by atoms with Gasteiger partial charge in [-0.1, -0.05) is 11.6 Å². The Labute approximate surface area is 129 Å². The van der Waals surface area contributed by atoms with Crippen molar-refractivity contribution in [2.75, 3.05) is 18.9 Å². The van der Waals surface area contributed by atoms with Crippen molar-refractivity contribution < 1.29 is 4.52 Å². The highest BCUT2D eigenvalue weighted by molar-refractivity contribution is 5.55. The van der Waals surface area contributed by atoms with E-state index in [2.05, 4.69) is 25.3 Å². The molecule has 6 heteroatoms. The lowest BCUT2D eigenvalue weighted by Crippen LogP contribution is -2.39. The second-order valence-electron chi connectivity index (χ2n) is 6.12. The summed E-state index contributed by atoms with van der Waals surface area (Å²) in [7, 11) is 1.85. The fourth-order valence-electron chi connectivity index (χ4n) is 3.37. The molecule has 0 spiro atoms. The van der Waals surface area contributed by atoms with Gasteiger partial charge in [0.1, 0.15) is 5.82 Å². The predicted molar refractivity (Wildman–Crippen MR) is 83.4 cm³/mol. The largest absolute Gasteiger partial charge is 0.373 e. The number of hydrogen-bond acceptors (Lipinski definition) is 6. The van der Waals surface area contributed by atoms with Crippen molar-refractivity contribution in [2.24, 2.45) is 0 Å². The maximum absolute atomic E-state index is 5.56. The van der Waals surface area contributed by atoms with Crippen LogP contribution in [-0.2, 0) is 0 Å². The number of nitrogens with zero attached hydrogens (tertiary/aromatic N) is 4. The van der Waals surface area contributed by atoms with E-state index in [1.807, 2.05) is 19.2 Å². The Morgan fingerprint density at radius 3 is 2.82 bits per heavy atom. The summed E-state index contributed by atoms with van der Waals surface area (Å²) >= 11 is 0. The van der Waals surface area contributed by atoms with Crippen molar-refractivity contribution in [2.45, 2.75) is 44.2 Å². The first kappa shape index (κ1) is 13.7. The highest BCUT2D eigenvalue weighted by Gasteiger charge is 2.37. The molecule has 2 aromatic heterocycles. The quantitative estimate of drug-likeness (QED) is 0.936. The first-order valence-corrected chi connectivity index (χ1v) is 8.08. The molecule has 0 unspecified atom stereocenters. The summed E-state index contributed by atoms with van der Waals surface area (Å²) < 4.78 is 5.56. The standard InChI is InChI=1S/C16H21N5O/c1-17-14-8-7-11(10-18-14)15-19-16(22-20-15)13-6-3-9-21(13)12-4-2-5-12/h7-8,10,12-13H,2-6,9H2,1H3,(H,17,18)/t13-/m0/s1. The monoisotopic (exact) mass is 299 g/mol. The molecule has 22 heavy (non-hydrogen) atoms. The van der Waals surface area contributed by atoms with E-state index in [4.69, 9.17) is 4.52 Å². The van der Waals surface area contributed by atoms with Crippen LogP contribution in [0, 0.1) is 0 Å². The first-order valence-electron chi connectivity index (χ1n) is 8.08. The molecule has 0 amide bonds. The third-order valence-corrected chi connectivity index (χ3v) is 4.84. The molecule has 2 aromatic rings. The van der Waals surface area contributed by atoms with Gasteiger partial charge >= 0.3 is 0 Å². The van der Waals surface area contributed by atoms with Crippen LogP contribution in [0.5, 0.6) is 0 Å². The van der Waals surface area contributed by atoms with Crippen LogP contribution in [0.3, 0.4) is 0 Å². The van der Waals surface area contributed by atoms with Crippen LogP contribution in [0.15, 0.2) is 22.9 Å². The zero-order valence-electron chi connectivity index (χ0n) is 12.8. The number of rotatable bonds is 4. The van der Waals surface area contributed by atoms with Crippen LogP contribution in [-0.4, -0.2) is 39.7 Å². The lowest BCUT2D eigenvalue weighted by molar-refractivity contribution is 0.0966. The van der Waals surface area contributed by atoms with Gasteiger partial charge in [-0.2, -0.15) is 4.98 Å². The molecule has 6 nitrogen and oxygen atoms in total. The number of likely N-dealkylation sites (tertiary alicyclic amines) is 1. The summed E-state index contributed by atoms with van der Waals surface area (Å²) in [6, 6.07) is 4.91. The Hall–Kier alpha value is -1.95. The number of pyridine rings is 1. The summed E-state index contributed by atoms with van der Waals surface area (Å²) in [5.74, 6) is 2.22. The fraction of sp³-hybridized carbons (Fsp3) is 0.562. The average molecular weight is 299 g/mol. The van der Waals surface area contributed by atoms with Gasteiger partial charge in [0.25, 0.3) is 0 Å². The predicted octanol–water partition coefficient (Wildman–Crippen LogP) is 2.86. The maximum Gasteiger partial charge on any atom is 0.244 e. The first-order chi connectivity index (χ1) is 10.8. The lowest BCUT2D eigenvalue weighted by atomic mass is 9.91. The molecule has 1 aliphatic carbocycles. The molecule has 1 atom stereocenters. The molecule has 1 saturated heterocycles. The van der Waals surface area contributed by atoms with Gasteiger partial charge in [0.15, 0.2) is 0 Å². The van der Waals surface area contributed by atoms with Gasteiger partial charge in [0.2, 0.25) is 11.7 Å². The van der Waals surface area contributed by atoms with E-state index in [0.29, 0.717) is 11.9 Å². The van der Waals surface area contributed by atoms with Crippen LogP contribution < -0.4 is 5.32 Å². The Kier molecular flexibility index (Phi) is 3.54. The van der Waals surface area contributed by atoms with Crippen molar-refractivity contribution in [3.63, 3.8) is 0 Å². The van der Waals surface area contributed by atoms with Gasteiger partial charge in [-0.3, -0.25) is 4.90 Å². The SMILES string of the molecule is CNc1ccc(-c2noc([C@@H]3CCCN3C3CCC3)n2)cn1. The van der Waals surface area contributed by atoms with E-state index in [1.165, 1.54) is 25.7 Å². The third-order valence-electron chi connectivity index (χ3n) is 4.84. The summed E-state index contributed by atoms with van der Waals surface area (Å²) in [4.78, 5) is 11.5. The molecule has 1 N–H and O–H groups in total. The number of nitrogens with one attached hydrogen (secondary N) is 1. The fourth-order valence-corrected chi connectivity index (χ4v) is 3.37. The zero-order chi connectivity index (χ0) is 14.9. The molecule has 1 aliphatic heterocycles. The highest BCUT2D eigenvalue weighted by atomic mass is 16.5. The molecule has 3 heterocycles. The number of aromatic nitrogens is 3. The van der Waals surface area contributed by atoms with Crippen LogP contribution >= 0.6 is 0 Å². The van der Waals surface area contributed by atoms with Gasteiger partial charge in [-0.05, 0) is 44.4 Å². The molecule has 0 bridgehead atoms. The van der Waals surface area contributed by atoms with Crippen LogP contribution in [0.1, 0.15) is 44.0 Å². The van der Waals surface area contributed by atoms with Crippen molar-refractivity contribution >= 4 is 5.82 Å². The molecule has 2 aliphatic rings.